The summed E-state index contributed by atoms with van der Waals surface area (Å²) in [4.78, 5) is 21.8. The van der Waals surface area contributed by atoms with Crippen molar-refractivity contribution in [1.29, 1.82) is 0 Å². The van der Waals surface area contributed by atoms with E-state index in [1.165, 1.54) is 6.92 Å². The smallest absolute Gasteiger partial charge is 0.159 e. The molecule has 0 amide bonds. The van der Waals surface area contributed by atoms with Gasteiger partial charge in [-0.25, -0.2) is 0 Å². The van der Waals surface area contributed by atoms with Crippen molar-refractivity contribution in [1.82, 2.24) is 0 Å². The van der Waals surface area contributed by atoms with Crippen LogP contribution in [0, 0.1) is 0 Å². The van der Waals surface area contributed by atoms with Crippen molar-refractivity contribution in [3.63, 3.8) is 0 Å². The van der Waals surface area contributed by atoms with E-state index in [-0.39, 0.29) is 11.6 Å². The third kappa shape index (κ3) is 1.76. The molecule has 1 aliphatic rings. The molecule has 0 aromatic heterocycles. The van der Waals surface area contributed by atoms with Gasteiger partial charge < -0.3 is 0 Å². The summed E-state index contributed by atoms with van der Waals surface area (Å²) in [6.07, 6.45) is 1.79. The normalized spacial score (nSPS) is 17.8. The summed E-state index contributed by atoms with van der Waals surface area (Å²) in [6.45, 7) is 3.45. The van der Waals surface area contributed by atoms with Crippen molar-refractivity contribution in [2.45, 2.75) is 33.1 Å². The van der Waals surface area contributed by atoms with Crippen LogP contribution in [-0.4, -0.2) is 11.6 Å². The zero-order valence-corrected chi connectivity index (χ0v) is 6.94. The lowest BCUT2D eigenvalue weighted by Crippen LogP contribution is -2.01. The van der Waals surface area contributed by atoms with Crippen LogP contribution in [0.4, 0.5) is 0 Å². The summed E-state index contributed by atoms with van der Waals surface area (Å²) in [5.74, 6) is 0.243. The fraction of sp³-hybridized carbons (Fsp3) is 0.556. The lowest BCUT2D eigenvalue weighted by Gasteiger charge is -1.97. The summed E-state index contributed by atoms with van der Waals surface area (Å²) in [6, 6.07) is 0. The third-order valence-electron chi connectivity index (χ3n) is 2.00. The van der Waals surface area contributed by atoms with Crippen LogP contribution in [0.1, 0.15) is 33.1 Å². The Morgan fingerprint density at radius 3 is 2.45 bits per heavy atom. The van der Waals surface area contributed by atoms with Gasteiger partial charge in [-0.3, -0.25) is 9.59 Å². The van der Waals surface area contributed by atoms with E-state index < -0.39 is 0 Å². The van der Waals surface area contributed by atoms with Gasteiger partial charge in [0.05, 0.1) is 0 Å². The van der Waals surface area contributed by atoms with Crippen LogP contribution in [0.2, 0.25) is 0 Å². The zero-order chi connectivity index (χ0) is 8.43. The van der Waals surface area contributed by atoms with Gasteiger partial charge in [0.25, 0.3) is 0 Å². The molecule has 0 heterocycles. The molecule has 0 radical (unpaired) electrons. The molecule has 0 N–H and O–H groups in total. The first-order valence-corrected chi connectivity index (χ1v) is 3.82. The number of carbonyl (C=O) groups excluding carboxylic acids is 2. The lowest BCUT2D eigenvalue weighted by molar-refractivity contribution is -0.119. The third-order valence-corrected chi connectivity index (χ3v) is 2.00. The number of allylic oxidation sites excluding steroid dienone is 2. The van der Waals surface area contributed by atoms with Crippen molar-refractivity contribution in [2.75, 3.05) is 0 Å². The minimum atomic E-state index is 0.0783. The first kappa shape index (κ1) is 8.18. The van der Waals surface area contributed by atoms with Crippen LogP contribution in [0.3, 0.4) is 0 Å². The van der Waals surface area contributed by atoms with E-state index >= 15 is 0 Å². The van der Waals surface area contributed by atoms with Crippen LogP contribution >= 0.6 is 0 Å². The van der Waals surface area contributed by atoms with Crippen molar-refractivity contribution in [3.05, 3.63) is 11.1 Å². The molecule has 0 fully saturated rings. The zero-order valence-electron chi connectivity index (χ0n) is 6.94. The van der Waals surface area contributed by atoms with Crippen LogP contribution in [0.25, 0.3) is 0 Å². The van der Waals surface area contributed by atoms with Crippen molar-refractivity contribution in [2.24, 2.45) is 0 Å². The van der Waals surface area contributed by atoms with E-state index in [0.29, 0.717) is 12.8 Å². The minimum absolute atomic E-state index is 0.0783. The van der Waals surface area contributed by atoms with E-state index in [4.69, 9.17) is 0 Å². The molecule has 0 unspecified atom stereocenters. The van der Waals surface area contributed by atoms with Crippen LogP contribution in [-0.2, 0) is 9.59 Å². The van der Waals surface area contributed by atoms with E-state index in [1.807, 2.05) is 6.92 Å². The molecular weight excluding hydrogens is 140 g/mol. The molecule has 0 spiro atoms. The molecule has 1 aliphatic carbocycles. The number of Topliss-reactive ketones (excluding diaryl/α,β-unsaturated/α-hetero) is 2. The number of rotatable bonds is 2. The first-order chi connectivity index (χ1) is 5.11. The summed E-state index contributed by atoms with van der Waals surface area (Å²) >= 11 is 0. The Kier molecular flexibility index (Phi) is 2.22. The van der Waals surface area contributed by atoms with Crippen LogP contribution in [0.5, 0.6) is 0 Å². The highest BCUT2D eigenvalue weighted by Crippen LogP contribution is 2.24. The van der Waals surface area contributed by atoms with Crippen LogP contribution in [0.15, 0.2) is 11.1 Å². The van der Waals surface area contributed by atoms with Gasteiger partial charge in [-0.1, -0.05) is 5.57 Å². The molecule has 0 aromatic rings. The molecule has 1 rings (SSSR count). The van der Waals surface area contributed by atoms with Gasteiger partial charge in [0.1, 0.15) is 5.78 Å². The summed E-state index contributed by atoms with van der Waals surface area (Å²) in [7, 11) is 0. The van der Waals surface area contributed by atoms with Gasteiger partial charge in [0.15, 0.2) is 5.78 Å². The monoisotopic (exact) mass is 152 g/mol. The standard InChI is InChI=1S/C9H12O2/c1-6-3-4-9(11)8(6)5-7(2)10/h3-5H2,1-2H3. The highest BCUT2D eigenvalue weighted by molar-refractivity contribution is 6.02. The lowest BCUT2D eigenvalue weighted by atomic mass is 10.1. The average molecular weight is 152 g/mol. The second-order valence-corrected chi connectivity index (χ2v) is 3.06. The molecule has 0 atom stereocenters. The minimum Gasteiger partial charge on any atom is -0.300 e. The maximum absolute atomic E-state index is 11.1. The molecule has 0 aliphatic heterocycles. The molecule has 0 saturated carbocycles. The Morgan fingerprint density at radius 2 is 2.09 bits per heavy atom. The fourth-order valence-electron chi connectivity index (χ4n) is 1.34. The molecule has 60 valence electrons. The van der Waals surface area contributed by atoms with Crippen LogP contribution < -0.4 is 0 Å². The van der Waals surface area contributed by atoms with E-state index in [0.717, 1.165) is 17.6 Å². The highest BCUT2D eigenvalue weighted by Gasteiger charge is 2.20. The predicted molar refractivity (Wildman–Crippen MR) is 42.2 cm³/mol. The second-order valence-electron chi connectivity index (χ2n) is 3.06. The van der Waals surface area contributed by atoms with Gasteiger partial charge in [-0.05, 0) is 20.3 Å². The Balaban J connectivity index is 2.75. The second kappa shape index (κ2) is 2.99. The van der Waals surface area contributed by atoms with Gasteiger partial charge in [0, 0.05) is 18.4 Å². The fourth-order valence-corrected chi connectivity index (χ4v) is 1.34. The Labute approximate surface area is 66.3 Å². The Morgan fingerprint density at radius 1 is 1.45 bits per heavy atom. The van der Waals surface area contributed by atoms with Crippen molar-refractivity contribution >= 4 is 11.6 Å². The topological polar surface area (TPSA) is 34.1 Å². The Bertz CT molecular complexity index is 236. The molecule has 11 heavy (non-hydrogen) atoms. The molecule has 0 bridgehead atoms. The van der Waals surface area contributed by atoms with Gasteiger partial charge >= 0.3 is 0 Å². The largest absolute Gasteiger partial charge is 0.300 e. The summed E-state index contributed by atoms with van der Waals surface area (Å²) < 4.78 is 0. The average Bonchev–Trinajstić information content (AvgIpc) is 2.18. The number of hydrogen-bond donors (Lipinski definition) is 0. The maximum atomic E-state index is 11.1. The van der Waals surface area contributed by atoms with Gasteiger partial charge in [-0.15, -0.1) is 0 Å². The number of carbonyl (C=O) groups is 2. The van der Waals surface area contributed by atoms with E-state index in [2.05, 4.69) is 0 Å². The maximum Gasteiger partial charge on any atom is 0.159 e. The predicted octanol–water partition coefficient (Wildman–Crippen LogP) is 1.64. The van der Waals surface area contributed by atoms with Crippen molar-refractivity contribution in [3.8, 4) is 0 Å². The molecule has 0 aromatic carbocycles. The van der Waals surface area contributed by atoms with E-state index in [9.17, 15) is 9.59 Å². The van der Waals surface area contributed by atoms with E-state index in [1.54, 1.807) is 0 Å². The quantitative estimate of drug-likeness (QED) is 0.602. The first-order valence-electron chi connectivity index (χ1n) is 3.82. The molecule has 0 saturated heterocycles. The SMILES string of the molecule is CC(=O)CC1=C(C)CCC1=O. The number of hydrogen-bond acceptors (Lipinski definition) is 2. The highest BCUT2D eigenvalue weighted by atomic mass is 16.1. The van der Waals surface area contributed by atoms with Gasteiger partial charge in [0.2, 0.25) is 0 Å². The summed E-state index contributed by atoms with van der Waals surface area (Å²) in [5, 5.41) is 0. The number of ketones is 2. The molecule has 2 heteroatoms. The Hall–Kier alpha value is -0.920. The molecular formula is C9H12O2. The summed E-state index contributed by atoms with van der Waals surface area (Å²) in [5.41, 5.74) is 1.86. The van der Waals surface area contributed by atoms with Crippen molar-refractivity contribution < 1.29 is 9.59 Å². The molecule has 2 nitrogen and oxygen atoms in total. The van der Waals surface area contributed by atoms with Gasteiger partial charge in [-0.2, -0.15) is 0 Å².